The molecule has 0 fully saturated rings. The number of aromatic nitrogens is 2. The largest absolute Gasteiger partial charge is 0.505 e. The van der Waals surface area contributed by atoms with Crippen molar-refractivity contribution >= 4 is 18.1 Å². The SMILES string of the molecule is CCOC(=O)c1ccc(C(=O)N/N=C/c2c(CO)cnc(C)c2O)cc1-n1cccc1C. The molecule has 0 aliphatic heterocycles. The van der Waals surface area contributed by atoms with Gasteiger partial charge in [0, 0.05) is 34.8 Å². The van der Waals surface area contributed by atoms with Gasteiger partial charge >= 0.3 is 5.97 Å². The lowest BCUT2D eigenvalue weighted by Gasteiger charge is -2.13. The monoisotopic (exact) mass is 436 g/mol. The summed E-state index contributed by atoms with van der Waals surface area (Å²) >= 11 is 0. The van der Waals surface area contributed by atoms with Gasteiger partial charge in [0.05, 0.1) is 36.4 Å². The highest BCUT2D eigenvalue weighted by atomic mass is 16.5. The van der Waals surface area contributed by atoms with Gasteiger partial charge in [0.15, 0.2) is 0 Å². The maximum atomic E-state index is 12.7. The first kappa shape index (κ1) is 22.7. The number of nitrogens with zero attached hydrogens (tertiary/aromatic N) is 3. The maximum absolute atomic E-state index is 12.7. The molecule has 0 bridgehead atoms. The molecular weight excluding hydrogens is 412 g/mol. The van der Waals surface area contributed by atoms with Gasteiger partial charge in [-0.1, -0.05) is 0 Å². The smallest absolute Gasteiger partial charge is 0.340 e. The van der Waals surface area contributed by atoms with Crippen LogP contribution in [0.25, 0.3) is 5.69 Å². The first-order valence-corrected chi connectivity index (χ1v) is 9.94. The van der Waals surface area contributed by atoms with Gasteiger partial charge in [0.2, 0.25) is 0 Å². The average molecular weight is 436 g/mol. The number of esters is 1. The third-order valence-electron chi connectivity index (χ3n) is 4.86. The Bertz CT molecular complexity index is 1180. The second-order valence-electron chi connectivity index (χ2n) is 6.96. The van der Waals surface area contributed by atoms with Crippen molar-refractivity contribution in [2.75, 3.05) is 6.61 Å². The number of benzene rings is 1. The van der Waals surface area contributed by atoms with Crippen molar-refractivity contribution in [1.82, 2.24) is 15.0 Å². The fourth-order valence-electron chi connectivity index (χ4n) is 3.13. The van der Waals surface area contributed by atoms with Gasteiger partial charge in [0.1, 0.15) is 5.75 Å². The summed E-state index contributed by atoms with van der Waals surface area (Å²) in [6, 6.07) is 8.34. The number of carbonyl (C=O) groups is 2. The molecule has 9 heteroatoms. The van der Waals surface area contributed by atoms with Crippen LogP contribution in [0, 0.1) is 13.8 Å². The molecule has 9 nitrogen and oxygen atoms in total. The predicted octanol–water partition coefficient (Wildman–Crippen LogP) is 2.63. The summed E-state index contributed by atoms with van der Waals surface area (Å²) in [6.45, 7) is 5.11. The summed E-state index contributed by atoms with van der Waals surface area (Å²) in [5.41, 5.74) is 5.40. The van der Waals surface area contributed by atoms with Crippen LogP contribution < -0.4 is 5.43 Å². The summed E-state index contributed by atoms with van der Waals surface area (Å²) in [7, 11) is 0. The maximum Gasteiger partial charge on any atom is 0.340 e. The van der Waals surface area contributed by atoms with Crippen LogP contribution in [0.15, 0.2) is 47.8 Å². The number of amides is 1. The number of hydrogen-bond donors (Lipinski definition) is 3. The zero-order valence-corrected chi connectivity index (χ0v) is 18.0. The van der Waals surface area contributed by atoms with E-state index in [-0.39, 0.29) is 30.1 Å². The Kier molecular flexibility index (Phi) is 7.01. The van der Waals surface area contributed by atoms with Gasteiger partial charge in [-0.15, -0.1) is 0 Å². The zero-order chi connectivity index (χ0) is 23.3. The van der Waals surface area contributed by atoms with Crippen molar-refractivity contribution in [3.63, 3.8) is 0 Å². The number of aliphatic hydroxyl groups is 1. The second kappa shape index (κ2) is 9.88. The molecular formula is C23H24N4O5. The Hall–Kier alpha value is -3.98. The van der Waals surface area contributed by atoms with Crippen molar-refractivity contribution in [1.29, 1.82) is 0 Å². The van der Waals surface area contributed by atoms with Crippen LogP contribution in [-0.2, 0) is 11.3 Å². The number of rotatable bonds is 7. The van der Waals surface area contributed by atoms with Crippen molar-refractivity contribution in [3.8, 4) is 11.4 Å². The summed E-state index contributed by atoms with van der Waals surface area (Å²) in [5.74, 6) is -1.13. The fourth-order valence-corrected chi connectivity index (χ4v) is 3.13. The summed E-state index contributed by atoms with van der Waals surface area (Å²) < 4.78 is 6.93. The van der Waals surface area contributed by atoms with E-state index in [1.54, 1.807) is 30.7 Å². The molecule has 0 aliphatic carbocycles. The van der Waals surface area contributed by atoms with Gasteiger partial charge in [-0.2, -0.15) is 5.10 Å². The van der Waals surface area contributed by atoms with Gasteiger partial charge in [-0.05, 0) is 51.1 Å². The summed E-state index contributed by atoms with van der Waals surface area (Å²) in [5, 5.41) is 23.5. The molecule has 3 aromatic rings. The van der Waals surface area contributed by atoms with Crippen molar-refractivity contribution in [2.24, 2.45) is 5.10 Å². The number of carbonyl (C=O) groups excluding carboxylic acids is 2. The number of aromatic hydroxyl groups is 1. The second-order valence-corrected chi connectivity index (χ2v) is 6.96. The highest BCUT2D eigenvalue weighted by molar-refractivity contribution is 5.99. The summed E-state index contributed by atoms with van der Waals surface area (Å²) in [4.78, 5) is 29.1. The van der Waals surface area contributed by atoms with E-state index in [1.165, 1.54) is 24.5 Å². The molecule has 0 aliphatic rings. The average Bonchev–Trinajstić information content (AvgIpc) is 3.22. The minimum atomic E-state index is -0.515. The Morgan fingerprint density at radius 2 is 2.06 bits per heavy atom. The van der Waals surface area contributed by atoms with Crippen LogP contribution in [0.3, 0.4) is 0 Å². The minimum absolute atomic E-state index is 0.126. The molecule has 2 heterocycles. The van der Waals surface area contributed by atoms with Crippen LogP contribution in [0.5, 0.6) is 5.75 Å². The Morgan fingerprint density at radius 1 is 1.28 bits per heavy atom. The molecule has 3 rings (SSSR count). The number of nitrogens with one attached hydrogen (secondary N) is 1. The Labute approximate surface area is 185 Å². The first-order chi connectivity index (χ1) is 15.4. The highest BCUT2D eigenvalue weighted by Crippen LogP contribution is 2.22. The lowest BCUT2D eigenvalue weighted by Crippen LogP contribution is -2.19. The van der Waals surface area contributed by atoms with Crippen LogP contribution in [-0.4, -0.2) is 44.5 Å². The van der Waals surface area contributed by atoms with Gasteiger partial charge in [-0.3, -0.25) is 9.78 Å². The number of aliphatic hydroxyl groups excluding tert-OH is 1. The molecule has 2 aromatic heterocycles. The number of pyridine rings is 1. The molecule has 1 amide bonds. The number of hydrazone groups is 1. The van der Waals surface area contributed by atoms with E-state index in [0.717, 1.165) is 5.69 Å². The molecule has 0 saturated heterocycles. The number of hydrogen-bond acceptors (Lipinski definition) is 7. The molecule has 166 valence electrons. The standard InChI is InChI=1S/C23H24N4O5/c1-4-32-23(31)18-8-7-16(10-20(18)27-9-5-6-14(27)2)22(30)26-25-12-19-17(13-28)11-24-15(3)21(19)29/h5-12,28-29H,4,13H2,1-3H3,(H,26,30)/b25-12+. The van der Waals surface area contributed by atoms with E-state index in [2.05, 4.69) is 15.5 Å². The number of aryl methyl sites for hydroxylation is 2. The molecule has 0 saturated carbocycles. The van der Waals surface area contributed by atoms with Gasteiger partial charge in [0.25, 0.3) is 5.91 Å². The highest BCUT2D eigenvalue weighted by Gasteiger charge is 2.18. The molecule has 32 heavy (non-hydrogen) atoms. The van der Waals surface area contributed by atoms with Gasteiger partial charge in [-0.25, -0.2) is 10.2 Å². The number of ether oxygens (including phenoxy) is 1. The third-order valence-corrected chi connectivity index (χ3v) is 4.86. The quantitative estimate of drug-likeness (QED) is 0.297. The van der Waals surface area contributed by atoms with Crippen molar-refractivity contribution in [3.05, 3.63) is 76.4 Å². The van der Waals surface area contributed by atoms with Crippen LogP contribution in [0.4, 0.5) is 0 Å². The predicted molar refractivity (Wildman–Crippen MR) is 118 cm³/mol. The molecule has 0 atom stereocenters. The minimum Gasteiger partial charge on any atom is -0.505 e. The van der Waals surface area contributed by atoms with Gasteiger partial charge < -0.3 is 19.5 Å². The molecule has 0 spiro atoms. The topological polar surface area (TPSA) is 126 Å². The summed E-state index contributed by atoms with van der Waals surface area (Å²) in [6.07, 6.45) is 4.47. The zero-order valence-electron chi connectivity index (χ0n) is 18.0. The van der Waals surface area contributed by atoms with E-state index >= 15 is 0 Å². The molecule has 0 unspecified atom stereocenters. The van der Waals surface area contributed by atoms with E-state index in [0.29, 0.717) is 22.5 Å². The Morgan fingerprint density at radius 3 is 2.72 bits per heavy atom. The first-order valence-electron chi connectivity index (χ1n) is 9.94. The lowest BCUT2D eigenvalue weighted by atomic mass is 10.1. The van der Waals surface area contributed by atoms with Crippen LogP contribution in [0.2, 0.25) is 0 Å². The lowest BCUT2D eigenvalue weighted by molar-refractivity contribution is 0.0526. The van der Waals surface area contributed by atoms with Crippen molar-refractivity contribution in [2.45, 2.75) is 27.4 Å². The molecule has 3 N–H and O–H groups in total. The van der Waals surface area contributed by atoms with E-state index < -0.39 is 11.9 Å². The van der Waals surface area contributed by atoms with Crippen LogP contribution in [0.1, 0.15) is 50.2 Å². The van der Waals surface area contributed by atoms with E-state index in [1.807, 2.05) is 19.1 Å². The van der Waals surface area contributed by atoms with E-state index in [9.17, 15) is 19.8 Å². The Balaban J connectivity index is 1.90. The van der Waals surface area contributed by atoms with Crippen molar-refractivity contribution < 1.29 is 24.5 Å². The van der Waals surface area contributed by atoms with Crippen LogP contribution >= 0.6 is 0 Å². The molecule has 1 aromatic carbocycles. The fraction of sp³-hybridized carbons (Fsp3) is 0.217. The van der Waals surface area contributed by atoms with E-state index in [4.69, 9.17) is 4.74 Å². The third kappa shape index (κ3) is 4.68. The normalized spacial score (nSPS) is 11.0. The molecule has 0 radical (unpaired) electrons.